The summed E-state index contributed by atoms with van der Waals surface area (Å²) >= 11 is 0. The maximum Gasteiger partial charge on any atom is 0.124 e. The number of hydrogen-bond donors (Lipinski definition) is 2. The zero-order valence-corrected chi connectivity index (χ0v) is 11.0. The molecule has 0 bridgehead atoms. The molecule has 2 rings (SSSR count). The summed E-state index contributed by atoms with van der Waals surface area (Å²) in [6.45, 7) is 2.60. The zero-order valence-electron chi connectivity index (χ0n) is 11.0. The first kappa shape index (κ1) is 13.4. The van der Waals surface area contributed by atoms with Gasteiger partial charge in [0.2, 0.25) is 0 Å². The molecule has 100 valence electrons. The van der Waals surface area contributed by atoms with E-state index in [9.17, 15) is 0 Å². The average molecular weight is 257 g/mol. The third kappa shape index (κ3) is 3.45. The Morgan fingerprint density at radius 2 is 2.05 bits per heavy atom. The SMILES string of the molecule is CCOc1ccccc1C(N)Cc1ccnc(N)c1. The van der Waals surface area contributed by atoms with E-state index in [0.717, 1.165) is 16.9 Å². The third-order valence-electron chi connectivity index (χ3n) is 2.92. The number of anilines is 1. The van der Waals surface area contributed by atoms with E-state index in [4.69, 9.17) is 16.2 Å². The summed E-state index contributed by atoms with van der Waals surface area (Å²) in [7, 11) is 0. The molecule has 0 aliphatic carbocycles. The highest BCUT2D eigenvalue weighted by Crippen LogP contribution is 2.26. The van der Waals surface area contributed by atoms with Crippen LogP contribution in [0, 0.1) is 0 Å². The number of benzene rings is 1. The van der Waals surface area contributed by atoms with Crippen LogP contribution in [0.1, 0.15) is 24.1 Å². The Labute approximate surface area is 113 Å². The minimum Gasteiger partial charge on any atom is -0.494 e. The van der Waals surface area contributed by atoms with Gasteiger partial charge in [0.05, 0.1) is 6.61 Å². The Kier molecular flexibility index (Phi) is 4.36. The van der Waals surface area contributed by atoms with Crippen LogP contribution < -0.4 is 16.2 Å². The lowest BCUT2D eigenvalue weighted by Crippen LogP contribution is -2.15. The summed E-state index contributed by atoms with van der Waals surface area (Å²) < 4.78 is 5.60. The predicted octanol–water partition coefficient (Wildman–Crippen LogP) is 2.30. The first-order chi connectivity index (χ1) is 9.20. The highest BCUT2D eigenvalue weighted by atomic mass is 16.5. The molecule has 0 fully saturated rings. The van der Waals surface area contributed by atoms with Gasteiger partial charge < -0.3 is 16.2 Å². The smallest absolute Gasteiger partial charge is 0.124 e. The Morgan fingerprint density at radius 1 is 1.26 bits per heavy atom. The number of nitrogens with two attached hydrogens (primary N) is 2. The Bertz CT molecular complexity index is 542. The molecule has 4 N–H and O–H groups in total. The van der Waals surface area contributed by atoms with Crippen molar-refractivity contribution in [2.24, 2.45) is 5.73 Å². The van der Waals surface area contributed by atoms with Gasteiger partial charge in [-0.1, -0.05) is 18.2 Å². The molecule has 0 radical (unpaired) electrons. The monoisotopic (exact) mass is 257 g/mol. The van der Waals surface area contributed by atoms with Crippen molar-refractivity contribution in [2.45, 2.75) is 19.4 Å². The van der Waals surface area contributed by atoms with Gasteiger partial charge in [-0.05, 0) is 37.1 Å². The summed E-state index contributed by atoms with van der Waals surface area (Å²) in [4.78, 5) is 3.98. The van der Waals surface area contributed by atoms with E-state index >= 15 is 0 Å². The molecular weight excluding hydrogens is 238 g/mol. The van der Waals surface area contributed by atoms with Crippen molar-refractivity contribution >= 4 is 5.82 Å². The molecule has 1 heterocycles. The van der Waals surface area contributed by atoms with Crippen LogP contribution in [0.5, 0.6) is 5.75 Å². The normalized spacial score (nSPS) is 12.1. The average Bonchev–Trinajstić information content (AvgIpc) is 2.39. The lowest BCUT2D eigenvalue weighted by molar-refractivity contribution is 0.334. The number of hydrogen-bond acceptors (Lipinski definition) is 4. The van der Waals surface area contributed by atoms with E-state index in [0.29, 0.717) is 18.8 Å². The lowest BCUT2D eigenvalue weighted by atomic mass is 9.99. The number of aromatic nitrogens is 1. The van der Waals surface area contributed by atoms with Crippen LogP contribution in [0.15, 0.2) is 42.6 Å². The van der Waals surface area contributed by atoms with Gasteiger partial charge >= 0.3 is 0 Å². The van der Waals surface area contributed by atoms with Gasteiger partial charge in [-0.2, -0.15) is 0 Å². The minimum atomic E-state index is -0.121. The van der Waals surface area contributed by atoms with Crippen molar-refractivity contribution < 1.29 is 4.74 Å². The maximum atomic E-state index is 6.27. The zero-order chi connectivity index (χ0) is 13.7. The van der Waals surface area contributed by atoms with Gasteiger partial charge in [-0.15, -0.1) is 0 Å². The molecule has 4 heteroatoms. The molecule has 0 saturated heterocycles. The van der Waals surface area contributed by atoms with E-state index < -0.39 is 0 Å². The molecule has 0 saturated carbocycles. The number of para-hydroxylation sites is 1. The van der Waals surface area contributed by atoms with Crippen LogP contribution in [0.2, 0.25) is 0 Å². The number of pyridine rings is 1. The van der Waals surface area contributed by atoms with E-state index in [-0.39, 0.29) is 6.04 Å². The second kappa shape index (κ2) is 6.20. The number of ether oxygens (including phenoxy) is 1. The standard InChI is InChI=1S/C15H19N3O/c1-2-19-14-6-4-3-5-12(14)13(16)9-11-7-8-18-15(17)10-11/h3-8,10,13H,2,9,16H2,1H3,(H2,17,18). The van der Waals surface area contributed by atoms with Crippen molar-refractivity contribution in [1.29, 1.82) is 0 Å². The van der Waals surface area contributed by atoms with E-state index in [1.165, 1.54) is 0 Å². The molecule has 19 heavy (non-hydrogen) atoms. The molecule has 4 nitrogen and oxygen atoms in total. The van der Waals surface area contributed by atoms with Gasteiger partial charge in [0.1, 0.15) is 11.6 Å². The summed E-state index contributed by atoms with van der Waals surface area (Å²) in [5.41, 5.74) is 14.0. The Balaban J connectivity index is 2.17. The largest absolute Gasteiger partial charge is 0.494 e. The van der Waals surface area contributed by atoms with Gasteiger partial charge in [-0.25, -0.2) is 4.98 Å². The second-order valence-electron chi connectivity index (χ2n) is 4.37. The van der Waals surface area contributed by atoms with Crippen LogP contribution in [0.4, 0.5) is 5.82 Å². The molecule has 0 spiro atoms. The quantitative estimate of drug-likeness (QED) is 0.862. The third-order valence-corrected chi connectivity index (χ3v) is 2.92. The summed E-state index contributed by atoms with van der Waals surface area (Å²) in [6, 6.07) is 11.5. The highest BCUT2D eigenvalue weighted by molar-refractivity contribution is 5.38. The van der Waals surface area contributed by atoms with Crippen molar-refractivity contribution in [3.05, 3.63) is 53.7 Å². The van der Waals surface area contributed by atoms with E-state index in [1.54, 1.807) is 6.20 Å². The van der Waals surface area contributed by atoms with Crippen LogP contribution >= 0.6 is 0 Å². The highest BCUT2D eigenvalue weighted by Gasteiger charge is 2.12. The lowest BCUT2D eigenvalue weighted by Gasteiger charge is -2.16. The fourth-order valence-corrected chi connectivity index (χ4v) is 2.06. The first-order valence-corrected chi connectivity index (χ1v) is 6.38. The van der Waals surface area contributed by atoms with Crippen LogP contribution in [-0.2, 0) is 6.42 Å². The van der Waals surface area contributed by atoms with Crippen molar-refractivity contribution in [3.63, 3.8) is 0 Å². The fourth-order valence-electron chi connectivity index (χ4n) is 2.06. The molecule has 0 aliphatic rings. The van der Waals surface area contributed by atoms with Crippen molar-refractivity contribution in [3.8, 4) is 5.75 Å². The van der Waals surface area contributed by atoms with E-state index in [1.807, 2.05) is 43.3 Å². The molecule has 0 amide bonds. The minimum absolute atomic E-state index is 0.121. The maximum absolute atomic E-state index is 6.27. The molecular formula is C15H19N3O. The van der Waals surface area contributed by atoms with Gasteiger partial charge in [-0.3, -0.25) is 0 Å². The van der Waals surface area contributed by atoms with Crippen LogP contribution in [0.25, 0.3) is 0 Å². The number of nitrogen functional groups attached to an aromatic ring is 1. The molecule has 1 aromatic carbocycles. The topological polar surface area (TPSA) is 74.2 Å². The second-order valence-corrected chi connectivity index (χ2v) is 4.37. The summed E-state index contributed by atoms with van der Waals surface area (Å²) in [5.74, 6) is 1.36. The Morgan fingerprint density at radius 3 is 2.79 bits per heavy atom. The summed E-state index contributed by atoms with van der Waals surface area (Å²) in [6.07, 6.45) is 2.41. The predicted molar refractivity (Wildman–Crippen MR) is 76.9 cm³/mol. The molecule has 1 aromatic heterocycles. The van der Waals surface area contributed by atoms with Crippen LogP contribution in [-0.4, -0.2) is 11.6 Å². The molecule has 0 aliphatic heterocycles. The summed E-state index contributed by atoms with van der Waals surface area (Å²) in [5, 5.41) is 0. The number of nitrogens with zero attached hydrogens (tertiary/aromatic N) is 1. The van der Waals surface area contributed by atoms with Crippen LogP contribution in [0.3, 0.4) is 0 Å². The van der Waals surface area contributed by atoms with E-state index in [2.05, 4.69) is 4.98 Å². The van der Waals surface area contributed by atoms with Gasteiger partial charge in [0, 0.05) is 17.8 Å². The van der Waals surface area contributed by atoms with Crippen molar-refractivity contribution in [1.82, 2.24) is 4.98 Å². The molecule has 1 unspecified atom stereocenters. The number of rotatable bonds is 5. The first-order valence-electron chi connectivity index (χ1n) is 6.38. The van der Waals surface area contributed by atoms with Gasteiger partial charge in [0.25, 0.3) is 0 Å². The van der Waals surface area contributed by atoms with Gasteiger partial charge in [0.15, 0.2) is 0 Å². The van der Waals surface area contributed by atoms with Crippen molar-refractivity contribution in [2.75, 3.05) is 12.3 Å². The molecule has 1 atom stereocenters. The fraction of sp³-hybridized carbons (Fsp3) is 0.267. The Hall–Kier alpha value is -2.07. The molecule has 2 aromatic rings.